The lowest BCUT2D eigenvalue weighted by atomic mass is 9.82. The molecule has 0 saturated carbocycles. The number of carbonyl (C=O) groups is 1. The number of allylic oxidation sites excluding steroid dienone is 2. The van der Waals surface area contributed by atoms with Crippen LogP contribution in [0.2, 0.25) is 15.1 Å². The van der Waals surface area contributed by atoms with E-state index >= 15 is 0 Å². The van der Waals surface area contributed by atoms with Crippen LogP contribution in [0.4, 0.5) is 5.69 Å². The van der Waals surface area contributed by atoms with Gasteiger partial charge in [0.1, 0.15) is 0 Å². The van der Waals surface area contributed by atoms with Gasteiger partial charge >= 0.3 is 0 Å². The molecule has 1 amide bonds. The number of hydrogen-bond donors (Lipinski definition) is 2. The normalized spacial score (nSPS) is 15.5. The molecule has 176 valence electrons. The van der Waals surface area contributed by atoms with E-state index in [4.69, 9.17) is 34.8 Å². The van der Waals surface area contributed by atoms with Crippen molar-refractivity contribution in [2.45, 2.75) is 18.6 Å². The topological polar surface area (TPSA) is 64.9 Å². The van der Waals surface area contributed by atoms with Gasteiger partial charge < -0.3 is 10.6 Å². The van der Waals surface area contributed by atoms with Crippen LogP contribution in [-0.2, 0) is 10.5 Å². The quantitative estimate of drug-likeness (QED) is 0.333. The number of dihydropyridines is 1. The summed E-state index contributed by atoms with van der Waals surface area (Å²) in [6.45, 7) is 1.82. The van der Waals surface area contributed by atoms with Crippen molar-refractivity contribution in [2.24, 2.45) is 0 Å². The number of carbonyl (C=O) groups excluding carboxylic acids is 1. The second-order valence-electron chi connectivity index (χ2n) is 7.81. The highest BCUT2D eigenvalue weighted by Gasteiger charge is 2.35. The maximum absolute atomic E-state index is 13.5. The molecule has 4 rings (SSSR count). The molecule has 0 aromatic heterocycles. The Morgan fingerprint density at radius 3 is 2.31 bits per heavy atom. The van der Waals surface area contributed by atoms with Crippen molar-refractivity contribution >= 4 is 58.2 Å². The third-order valence-corrected chi connectivity index (χ3v) is 7.57. The molecule has 0 unspecified atom stereocenters. The van der Waals surface area contributed by atoms with E-state index in [0.29, 0.717) is 53.9 Å². The van der Waals surface area contributed by atoms with E-state index in [1.54, 1.807) is 30.3 Å². The van der Waals surface area contributed by atoms with E-state index in [2.05, 4.69) is 16.7 Å². The Bertz CT molecular complexity index is 1380. The number of nitriles is 1. The van der Waals surface area contributed by atoms with E-state index in [1.165, 1.54) is 11.8 Å². The summed E-state index contributed by atoms with van der Waals surface area (Å²) in [6.07, 6.45) is 0. The minimum atomic E-state index is -0.643. The molecule has 0 aliphatic carbocycles. The van der Waals surface area contributed by atoms with Crippen LogP contribution in [0.15, 0.2) is 94.7 Å². The Kier molecular flexibility index (Phi) is 8.10. The Morgan fingerprint density at radius 2 is 1.66 bits per heavy atom. The summed E-state index contributed by atoms with van der Waals surface area (Å²) < 4.78 is 0. The van der Waals surface area contributed by atoms with Crippen molar-refractivity contribution in [3.8, 4) is 6.07 Å². The Labute approximate surface area is 223 Å². The van der Waals surface area contributed by atoms with Gasteiger partial charge in [-0.25, -0.2) is 0 Å². The third kappa shape index (κ3) is 5.69. The molecule has 0 bridgehead atoms. The summed E-state index contributed by atoms with van der Waals surface area (Å²) in [5.74, 6) is -0.414. The molecule has 2 N–H and O–H groups in total. The molecule has 3 aromatic carbocycles. The second-order valence-corrected chi connectivity index (χ2v) is 10.1. The Hall–Kier alpha value is -2.88. The van der Waals surface area contributed by atoms with Gasteiger partial charge in [0.05, 0.1) is 22.6 Å². The second kappa shape index (κ2) is 11.2. The van der Waals surface area contributed by atoms with Gasteiger partial charge in [-0.2, -0.15) is 5.26 Å². The van der Waals surface area contributed by atoms with Crippen LogP contribution in [0.5, 0.6) is 0 Å². The third-order valence-electron chi connectivity index (χ3n) is 5.54. The highest BCUT2D eigenvalue weighted by molar-refractivity contribution is 8.02. The van der Waals surface area contributed by atoms with Gasteiger partial charge in [-0.05, 0) is 54.4 Å². The molecule has 1 aliphatic heterocycles. The van der Waals surface area contributed by atoms with Crippen molar-refractivity contribution in [3.05, 3.63) is 121 Å². The number of amides is 1. The molecule has 0 spiro atoms. The highest BCUT2D eigenvalue weighted by Crippen LogP contribution is 2.43. The van der Waals surface area contributed by atoms with Crippen LogP contribution in [0.1, 0.15) is 24.0 Å². The van der Waals surface area contributed by atoms with Gasteiger partial charge in [0, 0.05) is 37.8 Å². The predicted molar refractivity (Wildman–Crippen MR) is 145 cm³/mol. The Morgan fingerprint density at radius 1 is 1.00 bits per heavy atom. The van der Waals surface area contributed by atoms with Crippen LogP contribution in [0.25, 0.3) is 0 Å². The first-order chi connectivity index (χ1) is 16.9. The first-order valence-electron chi connectivity index (χ1n) is 10.7. The SMILES string of the molecule is CC1=C(C(=O)Nc2ccc(Cl)cc2)[C@@H](c2ccccc2Cl)C(C#N)=C(SCc2ccccc2Cl)N1. The number of halogens is 3. The van der Waals surface area contributed by atoms with Crippen molar-refractivity contribution < 1.29 is 4.79 Å². The molecule has 3 aromatic rings. The van der Waals surface area contributed by atoms with E-state index < -0.39 is 5.92 Å². The number of nitrogens with one attached hydrogen (secondary N) is 2. The molecule has 0 radical (unpaired) electrons. The fourth-order valence-corrected chi connectivity index (χ4v) is 5.59. The Balaban J connectivity index is 1.74. The first kappa shape index (κ1) is 25.2. The van der Waals surface area contributed by atoms with Crippen LogP contribution in [-0.4, -0.2) is 5.91 Å². The number of benzene rings is 3. The summed E-state index contributed by atoms with van der Waals surface area (Å²) in [6, 6.07) is 24.0. The zero-order valence-electron chi connectivity index (χ0n) is 18.6. The smallest absolute Gasteiger partial charge is 0.254 e. The maximum atomic E-state index is 13.5. The van der Waals surface area contributed by atoms with Gasteiger partial charge in [-0.15, -0.1) is 11.8 Å². The molecule has 4 nitrogen and oxygen atoms in total. The predicted octanol–water partition coefficient (Wildman–Crippen LogP) is 7.91. The van der Waals surface area contributed by atoms with Crippen LogP contribution in [0, 0.1) is 11.3 Å². The lowest BCUT2D eigenvalue weighted by molar-refractivity contribution is -0.113. The number of nitrogens with zero attached hydrogens (tertiary/aromatic N) is 1. The molecule has 0 fully saturated rings. The number of rotatable bonds is 6. The van der Waals surface area contributed by atoms with Crippen LogP contribution >= 0.6 is 46.6 Å². The number of hydrogen-bond acceptors (Lipinski definition) is 4. The highest BCUT2D eigenvalue weighted by atomic mass is 35.5. The summed E-state index contributed by atoms with van der Waals surface area (Å²) in [5, 5.41) is 18.8. The lowest BCUT2D eigenvalue weighted by Gasteiger charge is -2.30. The fraction of sp³-hybridized carbons (Fsp3) is 0.111. The molecule has 35 heavy (non-hydrogen) atoms. The van der Waals surface area contributed by atoms with E-state index in [9.17, 15) is 10.1 Å². The van der Waals surface area contributed by atoms with Gasteiger partial charge in [-0.1, -0.05) is 71.2 Å². The summed E-state index contributed by atoms with van der Waals surface area (Å²) >= 11 is 20.3. The number of thioether (sulfide) groups is 1. The molecule has 1 atom stereocenters. The number of anilines is 1. The molecular weight excluding hydrogens is 521 g/mol. The average Bonchev–Trinajstić information content (AvgIpc) is 2.84. The molecule has 1 heterocycles. The van der Waals surface area contributed by atoms with E-state index in [-0.39, 0.29) is 5.91 Å². The van der Waals surface area contributed by atoms with E-state index in [1.807, 2.05) is 49.4 Å². The van der Waals surface area contributed by atoms with Crippen molar-refractivity contribution in [2.75, 3.05) is 5.32 Å². The van der Waals surface area contributed by atoms with Crippen molar-refractivity contribution in [1.29, 1.82) is 5.26 Å². The van der Waals surface area contributed by atoms with Gasteiger partial charge in [0.25, 0.3) is 5.91 Å². The molecule has 0 saturated heterocycles. The zero-order chi connectivity index (χ0) is 24.9. The van der Waals surface area contributed by atoms with Crippen molar-refractivity contribution in [1.82, 2.24) is 5.32 Å². The first-order valence-corrected chi connectivity index (χ1v) is 12.8. The molecular formula is C27H20Cl3N3OS. The van der Waals surface area contributed by atoms with Crippen LogP contribution < -0.4 is 10.6 Å². The standard InChI is InChI=1S/C27H20Cl3N3OS/c1-16-24(26(34)33-19-12-10-18(28)11-13-19)25(20-7-3-5-9-23(20)30)21(14-31)27(32-16)35-15-17-6-2-4-8-22(17)29/h2-13,25,32H,15H2,1H3,(H,33,34)/t25-/m0/s1. The van der Waals surface area contributed by atoms with E-state index in [0.717, 1.165) is 5.56 Å². The molecule has 8 heteroatoms. The monoisotopic (exact) mass is 539 g/mol. The molecule has 1 aliphatic rings. The van der Waals surface area contributed by atoms with Gasteiger partial charge in [0.2, 0.25) is 0 Å². The minimum absolute atomic E-state index is 0.329. The van der Waals surface area contributed by atoms with Crippen molar-refractivity contribution in [3.63, 3.8) is 0 Å². The fourth-order valence-electron chi connectivity index (χ4n) is 3.84. The lowest BCUT2D eigenvalue weighted by Crippen LogP contribution is -2.30. The van der Waals surface area contributed by atoms with Gasteiger partial charge in [0.15, 0.2) is 0 Å². The maximum Gasteiger partial charge on any atom is 0.254 e. The minimum Gasteiger partial charge on any atom is -0.353 e. The van der Waals surface area contributed by atoms with Crippen LogP contribution in [0.3, 0.4) is 0 Å². The summed E-state index contributed by atoms with van der Waals surface area (Å²) in [5.41, 5.74) is 3.71. The largest absolute Gasteiger partial charge is 0.353 e. The zero-order valence-corrected chi connectivity index (χ0v) is 21.7. The summed E-state index contributed by atoms with van der Waals surface area (Å²) in [7, 11) is 0. The van der Waals surface area contributed by atoms with Gasteiger partial charge in [-0.3, -0.25) is 4.79 Å². The average molecular weight is 541 g/mol. The summed E-state index contributed by atoms with van der Waals surface area (Å²) in [4.78, 5) is 13.5.